The van der Waals surface area contributed by atoms with Gasteiger partial charge in [-0.05, 0) is 6.07 Å². The van der Waals surface area contributed by atoms with E-state index in [0.717, 1.165) is 0 Å². The van der Waals surface area contributed by atoms with E-state index < -0.39 is 0 Å². The molecule has 2 N–H and O–H groups in total. The Labute approximate surface area is 82.6 Å². The van der Waals surface area contributed by atoms with Crippen LogP contribution in [-0.2, 0) is 11.3 Å². The zero-order valence-corrected chi connectivity index (χ0v) is 7.95. The van der Waals surface area contributed by atoms with Crippen LogP contribution in [0, 0.1) is 0 Å². The Balaban J connectivity index is 0.00000144. The maximum Gasteiger partial charge on any atom is 0.285 e. The second kappa shape index (κ2) is 5.37. The minimum Gasteiger partial charge on any atom is -1.00 e. The van der Waals surface area contributed by atoms with Gasteiger partial charge in [0.25, 0.3) is 5.91 Å². The van der Waals surface area contributed by atoms with Gasteiger partial charge in [-0.25, -0.2) is 0 Å². The third kappa shape index (κ3) is 3.75. The number of carbonyl (C=O) groups is 1. The third-order valence-corrected chi connectivity index (χ3v) is 1.45. The normalized spacial score (nSPS) is 8.69. The quantitative estimate of drug-likeness (QED) is 0.488. The standard InChI is InChI=1S/C8H10N2O2.ClH/c1-9-8(12)6-10-4-2-3-7(11)5-10;/h2-5H,6H2,1H3,(H-,9,11,12);1H. The van der Waals surface area contributed by atoms with Crippen LogP contribution >= 0.6 is 0 Å². The Kier molecular flexibility index (Phi) is 4.84. The summed E-state index contributed by atoms with van der Waals surface area (Å²) in [7, 11) is 1.58. The van der Waals surface area contributed by atoms with Gasteiger partial charge < -0.3 is 22.8 Å². The molecule has 72 valence electrons. The molecular weight excluding hydrogens is 192 g/mol. The highest BCUT2D eigenvalue weighted by Crippen LogP contribution is 1.99. The Morgan fingerprint density at radius 1 is 1.69 bits per heavy atom. The number of likely N-dealkylation sites (N-methyl/N-ethyl adjacent to an activating group) is 1. The van der Waals surface area contributed by atoms with Crippen molar-refractivity contribution in [1.82, 2.24) is 5.32 Å². The molecule has 1 heterocycles. The lowest BCUT2D eigenvalue weighted by Crippen LogP contribution is -3.00. The zero-order chi connectivity index (χ0) is 8.97. The molecule has 1 aromatic rings. The van der Waals surface area contributed by atoms with E-state index in [2.05, 4.69) is 5.32 Å². The molecule has 0 fully saturated rings. The molecule has 0 atom stereocenters. The van der Waals surface area contributed by atoms with Gasteiger partial charge in [0, 0.05) is 13.1 Å². The summed E-state index contributed by atoms with van der Waals surface area (Å²) in [5, 5.41) is 11.5. The first-order valence-corrected chi connectivity index (χ1v) is 3.61. The summed E-state index contributed by atoms with van der Waals surface area (Å²) in [5.74, 6) is 0.0620. The second-order valence-corrected chi connectivity index (χ2v) is 2.41. The van der Waals surface area contributed by atoms with Gasteiger partial charge in [0.1, 0.15) is 0 Å². The van der Waals surface area contributed by atoms with Crippen molar-refractivity contribution in [3.8, 4) is 5.75 Å². The van der Waals surface area contributed by atoms with E-state index in [0.29, 0.717) is 0 Å². The van der Waals surface area contributed by atoms with Crippen LogP contribution in [0.4, 0.5) is 0 Å². The molecule has 0 saturated carbocycles. The molecule has 1 rings (SSSR count). The molecule has 0 aromatic carbocycles. The fourth-order valence-corrected chi connectivity index (χ4v) is 0.851. The molecule has 0 unspecified atom stereocenters. The fraction of sp³-hybridized carbons (Fsp3) is 0.250. The van der Waals surface area contributed by atoms with Gasteiger partial charge >= 0.3 is 0 Å². The van der Waals surface area contributed by atoms with Crippen LogP contribution in [0.15, 0.2) is 24.5 Å². The maximum absolute atomic E-state index is 10.9. The molecule has 0 saturated heterocycles. The number of pyridine rings is 1. The van der Waals surface area contributed by atoms with E-state index in [1.807, 2.05) is 0 Å². The lowest BCUT2D eigenvalue weighted by molar-refractivity contribution is -0.684. The van der Waals surface area contributed by atoms with Crippen molar-refractivity contribution in [3.63, 3.8) is 0 Å². The summed E-state index contributed by atoms with van der Waals surface area (Å²) in [6, 6.07) is 3.23. The van der Waals surface area contributed by atoms with Gasteiger partial charge in [-0.3, -0.25) is 4.79 Å². The van der Waals surface area contributed by atoms with Gasteiger partial charge in [0.2, 0.25) is 12.7 Å². The third-order valence-electron chi connectivity index (χ3n) is 1.45. The minimum absolute atomic E-state index is 0. The van der Waals surface area contributed by atoms with Crippen LogP contribution in [0.5, 0.6) is 5.75 Å². The molecule has 0 radical (unpaired) electrons. The number of amides is 1. The topological polar surface area (TPSA) is 53.2 Å². The molecule has 0 bridgehead atoms. The average molecular weight is 203 g/mol. The lowest BCUT2D eigenvalue weighted by Gasteiger charge is -1.95. The Bertz CT molecular complexity index is 291. The monoisotopic (exact) mass is 202 g/mol. The highest BCUT2D eigenvalue weighted by atomic mass is 35.5. The number of halogens is 1. The van der Waals surface area contributed by atoms with Crippen LogP contribution in [0.25, 0.3) is 0 Å². The predicted octanol–water partition coefficient (Wildman–Crippen LogP) is -3.57. The SMILES string of the molecule is CNC(=O)C[n+]1cccc(O)c1.[Cl-]. The first-order valence-electron chi connectivity index (χ1n) is 3.61. The average Bonchev–Trinajstić information content (AvgIpc) is 2.04. The lowest BCUT2D eigenvalue weighted by atomic mass is 10.4. The Morgan fingerprint density at radius 2 is 2.38 bits per heavy atom. The molecule has 0 aliphatic carbocycles. The zero-order valence-electron chi connectivity index (χ0n) is 7.20. The van der Waals surface area contributed by atoms with Gasteiger partial charge in [-0.2, -0.15) is 4.57 Å². The van der Waals surface area contributed by atoms with Gasteiger partial charge in [0.15, 0.2) is 11.9 Å². The Morgan fingerprint density at radius 3 is 2.92 bits per heavy atom. The molecule has 0 spiro atoms. The molecule has 0 aliphatic rings. The molecule has 0 aliphatic heterocycles. The molecule has 4 nitrogen and oxygen atoms in total. The summed E-state index contributed by atoms with van der Waals surface area (Å²) in [6.07, 6.45) is 3.21. The number of rotatable bonds is 2. The van der Waals surface area contributed by atoms with E-state index in [1.54, 1.807) is 29.9 Å². The number of hydrogen-bond donors (Lipinski definition) is 2. The number of nitrogens with one attached hydrogen (secondary N) is 1. The van der Waals surface area contributed by atoms with Crippen LogP contribution in [0.3, 0.4) is 0 Å². The number of hydrogen-bond acceptors (Lipinski definition) is 2. The summed E-state index contributed by atoms with van der Waals surface area (Å²) in [6.45, 7) is 0.227. The summed E-state index contributed by atoms with van der Waals surface area (Å²) in [5.41, 5.74) is 0. The minimum atomic E-state index is -0.0920. The summed E-state index contributed by atoms with van der Waals surface area (Å²) >= 11 is 0. The molecule has 13 heavy (non-hydrogen) atoms. The number of carbonyl (C=O) groups excluding carboxylic acids is 1. The van der Waals surface area contributed by atoms with E-state index >= 15 is 0 Å². The number of nitrogens with zero attached hydrogens (tertiary/aromatic N) is 1. The van der Waals surface area contributed by atoms with Crippen molar-refractivity contribution >= 4 is 5.91 Å². The van der Waals surface area contributed by atoms with Gasteiger partial charge in [-0.15, -0.1) is 0 Å². The highest BCUT2D eigenvalue weighted by molar-refractivity contribution is 5.73. The van der Waals surface area contributed by atoms with Crippen LogP contribution in [-0.4, -0.2) is 18.1 Å². The molecule has 5 heteroatoms. The van der Waals surface area contributed by atoms with Crippen LogP contribution < -0.4 is 22.3 Å². The van der Waals surface area contributed by atoms with E-state index in [9.17, 15) is 4.79 Å². The smallest absolute Gasteiger partial charge is 0.285 e. The highest BCUT2D eigenvalue weighted by Gasteiger charge is 2.06. The molecule has 1 aromatic heterocycles. The largest absolute Gasteiger partial charge is 1.00 e. The van der Waals surface area contributed by atoms with Crippen molar-refractivity contribution in [2.24, 2.45) is 0 Å². The van der Waals surface area contributed by atoms with E-state index in [1.165, 1.54) is 6.20 Å². The number of aromatic hydroxyl groups is 1. The van der Waals surface area contributed by atoms with Crippen LogP contribution in [0.2, 0.25) is 0 Å². The van der Waals surface area contributed by atoms with Gasteiger partial charge in [0.05, 0.1) is 0 Å². The van der Waals surface area contributed by atoms with E-state index in [4.69, 9.17) is 5.11 Å². The first-order chi connectivity index (χ1) is 5.72. The van der Waals surface area contributed by atoms with E-state index in [-0.39, 0.29) is 30.6 Å². The predicted molar refractivity (Wildman–Crippen MR) is 42.4 cm³/mol. The maximum atomic E-state index is 10.9. The fourth-order valence-electron chi connectivity index (χ4n) is 0.851. The number of aromatic nitrogens is 1. The summed E-state index contributed by atoms with van der Waals surface area (Å²) < 4.78 is 1.61. The Hall–Kier alpha value is -1.29. The van der Waals surface area contributed by atoms with Crippen molar-refractivity contribution < 1.29 is 26.9 Å². The van der Waals surface area contributed by atoms with Crippen LogP contribution in [0.1, 0.15) is 0 Å². The van der Waals surface area contributed by atoms with Crippen molar-refractivity contribution in [2.75, 3.05) is 7.05 Å². The van der Waals surface area contributed by atoms with Crippen molar-refractivity contribution in [2.45, 2.75) is 6.54 Å². The van der Waals surface area contributed by atoms with Crippen molar-refractivity contribution in [1.29, 1.82) is 0 Å². The second-order valence-electron chi connectivity index (χ2n) is 2.41. The van der Waals surface area contributed by atoms with Crippen molar-refractivity contribution in [3.05, 3.63) is 24.5 Å². The molecular formula is C8H11ClN2O2. The van der Waals surface area contributed by atoms with Gasteiger partial charge in [-0.1, -0.05) is 0 Å². The summed E-state index contributed by atoms with van der Waals surface area (Å²) in [4.78, 5) is 10.9. The molecule has 1 amide bonds. The first kappa shape index (κ1) is 11.7.